The Morgan fingerprint density at radius 2 is 1.94 bits per heavy atom. The summed E-state index contributed by atoms with van der Waals surface area (Å²) >= 11 is 7.79. The Hall–Kier alpha value is -2.77. The average molecular weight is 469 g/mol. The molecule has 0 fully saturated rings. The number of nitrogens with zero attached hydrogens (tertiary/aromatic N) is 3. The van der Waals surface area contributed by atoms with Gasteiger partial charge in [-0.3, -0.25) is 0 Å². The summed E-state index contributed by atoms with van der Waals surface area (Å²) in [4.78, 5) is 17.4. The van der Waals surface area contributed by atoms with Gasteiger partial charge in [0.15, 0.2) is 0 Å². The van der Waals surface area contributed by atoms with E-state index in [4.69, 9.17) is 21.4 Å². The number of carbonyl (C=O) groups excluding carboxylic acids is 1. The number of hydrogen-bond donors (Lipinski definition) is 1. The second-order valence-corrected chi connectivity index (χ2v) is 9.27. The molecule has 1 unspecified atom stereocenters. The van der Waals surface area contributed by atoms with E-state index in [0.717, 1.165) is 16.1 Å². The third kappa shape index (κ3) is 4.40. The van der Waals surface area contributed by atoms with Crippen LogP contribution in [0.5, 0.6) is 0 Å². The number of ether oxygens (including phenoxy) is 1. The van der Waals surface area contributed by atoms with Gasteiger partial charge in [-0.05, 0) is 35.6 Å². The van der Waals surface area contributed by atoms with Crippen LogP contribution in [-0.2, 0) is 15.3 Å². The van der Waals surface area contributed by atoms with Crippen molar-refractivity contribution in [1.82, 2.24) is 14.8 Å². The van der Waals surface area contributed by atoms with Crippen LogP contribution in [0.15, 0.2) is 65.0 Å². The Kier molecular flexibility index (Phi) is 6.58. The minimum atomic E-state index is -0.429. The van der Waals surface area contributed by atoms with Crippen molar-refractivity contribution in [1.29, 1.82) is 0 Å². The molecule has 0 aliphatic carbocycles. The van der Waals surface area contributed by atoms with E-state index in [9.17, 15) is 4.79 Å². The first-order valence-corrected chi connectivity index (χ1v) is 11.7. The predicted octanol–water partition coefficient (Wildman–Crippen LogP) is 5.81. The molecule has 0 saturated carbocycles. The molecule has 1 atom stereocenters. The van der Waals surface area contributed by atoms with Crippen LogP contribution in [-0.4, -0.2) is 27.8 Å². The first kappa shape index (κ1) is 22.4. The molecule has 6 nitrogen and oxygen atoms in total. The number of aromatic nitrogens is 3. The van der Waals surface area contributed by atoms with E-state index in [0.29, 0.717) is 34.0 Å². The molecule has 0 amide bonds. The van der Waals surface area contributed by atoms with Gasteiger partial charge in [-0.1, -0.05) is 79.7 Å². The molecule has 2 heterocycles. The molecule has 166 valence electrons. The van der Waals surface area contributed by atoms with E-state index >= 15 is 0 Å². The van der Waals surface area contributed by atoms with Crippen LogP contribution >= 0.6 is 23.4 Å². The molecule has 0 radical (unpaired) electrons. The van der Waals surface area contributed by atoms with Crippen molar-refractivity contribution in [2.75, 3.05) is 12.4 Å². The van der Waals surface area contributed by atoms with Crippen LogP contribution in [0, 0.1) is 0 Å². The largest absolute Gasteiger partial charge is 0.466 e. The fourth-order valence-corrected chi connectivity index (χ4v) is 4.81. The molecule has 1 aromatic heterocycles. The maximum Gasteiger partial charge on any atom is 0.338 e. The molecule has 4 rings (SSSR count). The topological polar surface area (TPSA) is 69.0 Å². The lowest BCUT2D eigenvalue weighted by molar-refractivity contribution is -0.136. The SMILES string of the molecule is COC(=O)C1=C(C)Nc2nc(SCc3ccccc3Cl)nn2C1c1ccc(C(C)C)cc1. The van der Waals surface area contributed by atoms with Gasteiger partial charge in [0.25, 0.3) is 0 Å². The standard InChI is InChI=1S/C24H25ClN4O2S/c1-14(2)16-9-11-17(12-10-16)21-20(22(30)31-4)15(3)26-23-27-24(28-29(21)23)32-13-18-7-5-6-8-19(18)25/h5-12,14,21H,13H2,1-4H3,(H,26,27,28). The van der Waals surface area contributed by atoms with Crippen LogP contribution in [0.25, 0.3) is 0 Å². The predicted molar refractivity (Wildman–Crippen MR) is 128 cm³/mol. The van der Waals surface area contributed by atoms with Crippen LogP contribution in [0.3, 0.4) is 0 Å². The zero-order valence-electron chi connectivity index (χ0n) is 18.4. The van der Waals surface area contributed by atoms with Crippen LogP contribution in [0.1, 0.15) is 49.4 Å². The number of benzene rings is 2. The van der Waals surface area contributed by atoms with Crippen molar-refractivity contribution in [3.63, 3.8) is 0 Å². The summed E-state index contributed by atoms with van der Waals surface area (Å²) in [5, 5.41) is 9.27. The number of nitrogens with one attached hydrogen (secondary N) is 1. The minimum Gasteiger partial charge on any atom is -0.466 e. The van der Waals surface area contributed by atoms with Crippen molar-refractivity contribution in [3.8, 4) is 0 Å². The van der Waals surface area contributed by atoms with Gasteiger partial charge in [0.1, 0.15) is 6.04 Å². The molecule has 3 aromatic rings. The van der Waals surface area contributed by atoms with Gasteiger partial charge in [-0.2, -0.15) is 4.98 Å². The van der Waals surface area contributed by atoms with Crippen molar-refractivity contribution in [2.24, 2.45) is 0 Å². The molecular formula is C24H25ClN4O2S. The number of carbonyl (C=O) groups is 1. The number of methoxy groups -OCH3 is 1. The third-order valence-electron chi connectivity index (χ3n) is 5.47. The maximum absolute atomic E-state index is 12.7. The average Bonchev–Trinajstić information content (AvgIpc) is 3.19. The van der Waals surface area contributed by atoms with E-state index in [1.165, 1.54) is 24.4 Å². The molecule has 1 N–H and O–H groups in total. The van der Waals surface area contributed by atoms with Gasteiger partial charge in [0.05, 0.1) is 12.7 Å². The molecule has 0 saturated heterocycles. The molecule has 0 bridgehead atoms. The van der Waals surface area contributed by atoms with Crippen molar-refractivity contribution in [3.05, 3.63) is 81.5 Å². The third-order valence-corrected chi connectivity index (χ3v) is 6.73. The Morgan fingerprint density at radius 1 is 1.22 bits per heavy atom. The fourth-order valence-electron chi connectivity index (χ4n) is 3.70. The zero-order chi connectivity index (χ0) is 22.8. The van der Waals surface area contributed by atoms with E-state index in [1.807, 2.05) is 43.3 Å². The highest BCUT2D eigenvalue weighted by Crippen LogP contribution is 2.37. The molecule has 1 aliphatic rings. The lowest BCUT2D eigenvalue weighted by atomic mass is 9.93. The number of fused-ring (bicyclic) bond motifs is 1. The van der Waals surface area contributed by atoms with Crippen molar-refractivity contribution >= 4 is 35.3 Å². The summed E-state index contributed by atoms with van der Waals surface area (Å²) in [5.74, 6) is 1.27. The second kappa shape index (κ2) is 9.38. The summed E-state index contributed by atoms with van der Waals surface area (Å²) < 4.78 is 6.86. The van der Waals surface area contributed by atoms with Gasteiger partial charge in [-0.25, -0.2) is 9.48 Å². The molecule has 8 heteroatoms. The molecule has 2 aromatic carbocycles. The van der Waals surface area contributed by atoms with Crippen LogP contribution in [0.2, 0.25) is 5.02 Å². The van der Waals surface area contributed by atoms with Gasteiger partial charge in [0.2, 0.25) is 11.1 Å². The van der Waals surface area contributed by atoms with Crippen molar-refractivity contribution < 1.29 is 9.53 Å². The molecule has 32 heavy (non-hydrogen) atoms. The monoisotopic (exact) mass is 468 g/mol. The Labute approximate surface area is 197 Å². The Balaban J connectivity index is 1.70. The maximum atomic E-state index is 12.7. The lowest BCUT2D eigenvalue weighted by Crippen LogP contribution is -2.29. The molecule has 1 aliphatic heterocycles. The van der Waals surface area contributed by atoms with Crippen molar-refractivity contribution in [2.45, 2.75) is 43.6 Å². The Morgan fingerprint density at radius 3 is 2.59 bits per heavy atom. The number of anilines is 1. The number of esters is 1. The number of allylic oxidation sites excluding steroid dienone is 1. The summed E-state index contributed by atoms with van der Waals surface area (Å²) in [6.07, 6.45) is 0. The first-order valence-electron chi connectivity index (χ1n) is 10.4. The zero-order valence-corrected chi connectivity index (χ0v) is 20.0. The van der Waals surface area contributed by atoms with Crippen LogP contribution < -0.4 is 5.32 Å². The first-order chi connectivity index (χ1) is 15.4. The number of hydrogen-bond acceptors (Lipinski definition) is 6. The van der Waals surface area contributed by atoms with Gasteiger partial charge in [-0.15, -0.1) is 5.10 Å². The minimum absolute atomic E-state index is 0.389. The highest BCUT2D eigenvalue weighted by molar-refractivity contribution is 7.98. The summed E-state index contributed by atoms with van der Waals surface area (Å²) in [5.41, 5.74) is 4.43. The van der Waals surface area contributed by atoms with Gasteiger partial charge < -0.3 is 10.1 Å². The summed E-state index contributed by atoms with van der Waals surface area (Å²) in [6, 6.07) is 15.6. The fraction of sp³-hybridized carbons (Fsp3) is 0.292. The molecule has 0 spiro atoms. The second-order valence-electron chi connectivity index (χ2n) is 7.92. The quantitative estimate of drug-likeness (QED) is 0.363. The van der Waals surface area contributed by atoms with Gasteiger partial charge in [0, 0.05) is 16.5 Å². The number of thioether (sulfide) groups is 1. The van der Waals surface area contributed by atoms with Gasteiger partial charge >= 0.3 is 5.97 Å². The summed E-state index contributed by atoms with van der Waals surface area (Å²) in [7, 11) is 1.39. The lowest BCUT2D eigenvalue weighted by Gasteiger charge is -2.28. The van der Waals surface area contributed by atoms with E-state index in [-0.39, 0.29) is 5.97 Å². The molecular weight excluding hydrogens is 444 g/mol. The highest BCUT2D eigenvalue weighted by atomic mass is 35.5. The van der Waals surface area contributed by atoms with Crippen LogP contribution in [0.4, 0.5) is 5.95 Å². The van der Waals surface area contributed by atoms with E-state index in [1.54, 1.807) is 4.68 Å². The number of rotatable bonds is 6. The highest BCUT2D eigenvalue weighted by Gasteiger charge is 2.35. The Bertz CT molecular complexity index is 1170. The number of halogens is 1. The normalized spacial score (nSPS) is 15.5. The van der Waals surface area contributed by atoms with E-state index < -0.39 is 6.04 Å². The van der Waals surface area contributed by atoms with E-state index in [2.05, 4.69) is 36.3 Å². The summed E-state index contributed by atoms with van der Waals surface area (Å²) in [6.45, 7) is 6.17. The smallest absolute Gasteiger partial charge is 0.338 e.